The molecule has 7 heteroatoms. The highest BCUT2D eigenvalue weighted by Crippen LogP contribution is 2.35. The molecule has 1 aromatic rings. The minimum Gasteiger partial charge on any atom is -0.506 e. The molecule has 0 aliphatic rings. The molecule has 0 unspecified atom stereocenters. The molecular formula is C9H10Cl3F2NO. The van der Waals surface area contributed by atoms with Gasteiger partial charge in [0.05, 0.1) is 5.02 Å². The van der Waals surface area contributed by atoms with Crippen molar-refractivity contribution in [3.63, 3.8) is 0 Å². The van der Waals surface area contributed by atoms with Crippen molar-refractivity contribution in [3.8, 4) is 5.75 Å². The molecule has 0 saturated heterocycles. The van der Waals surface area contributed by atoms with E-state index in [2.05, 4.69) is 0 Å². The number of phenolic OH excluding ortho intramolecular Hbond substituents is 1. The van der Waals surface area contributed by atoms with Gasteiger partial charge in [-0.05, 0) is 12.1 Å². The summed E-state index contributed by atoms with van der Waals surface area (Å²) in [4.78, 5) is 0. The monoisotopic (exact) mass is 291 g/mol. The summed E-state index contributed by atoms with van der Waals surface area (Å²) in [7, 11) is 0. The predicted molar refractivity (Wildman–Crippen MR) is 62.9 cm³/mol. The Balaban J connectivity index is 0.00000225. The molecule has 0 bridgehead atoms. The molecule has 1 aromatic carbocycles. The van der Waals surface area contributed by atoms with Crippen LogP contribution in [-0.4, -0.2) is 11.5 Å². The van der Waals surface area contributed by atoms with Gasteiger partial charge in [-0.1, -0.05) is 23.2 Å². The Bertz CT molecular complexity index is 363. The molecule has 2 nitrogen and oxygen atoms in total. The van der Waals surface area contributed by atoms with E-state index >= 15 is 0 Å². The fourth-order valence-corrected chi connectivity index (χ4v) is 1.70. The topological polar surface area (TPSA) is 46.2 Å². The van der Waals surface area contributed by atoms with Gasteiger partial charge in [-0.3, -0.25) is 0 Å². The molecule has 0 amide bonds. The van der Waals surface area contributed by atoms with Gasteiger partial charge in [-0.15, -0.1) is 12.4 Å². The van der Waals surface area contributed by atoms with Crippen molar-refractivity contribution in [2.45, 2.75) is 18.9 Å². The lowest BCUT2D eigenvalue weighted by atomic mass is 10.0. The number of rotatable bonds is 3. The second-order valence-electron chi connectivity index (χ2n) is 3.06. The Labute approximate surface area is 108 Å². The zero-order valence-corrected chi connectivity index (χ0v) is 10.3. The van der Waals surface area contributed by atoms with E-state index in [1.165, 1.54) is 12.1 Å². The summed E-state index contributed by atoms with van der Waals surface area (Å²) in [5.41, 5.74) is 5.61. The van der Waals surface area contributed by atoms with E-state index in [0.717, 1.165) is 0 Å². The minimum atomic E-state index is -2.54. The van der Waals surface area contributed by atoms with Crippen molar-refractivity contribution in [3.05, 3.63) is 27.7 Å². The minimum absolute atomic E-state index is 0. The van der Waals surface area contributed by atoms with E-state index in [9.17, 15) is 13.9 Å². The Kier molecular flexibility index (Phi) is 6.33. The number of nitrogens with two attached hydrogens (primary N) is 1. The Hall–Kier alpha value is -0.290. The smallest absolute Gasteiger partial charge is 0.240 e. The van der Waals surface area contributed by atoms with Crippen molar-refractivity contribution < 1.29 is 13.9 Å². The van der Waals surface area contributed by atoms with Gasteiger partial charge in [-0.2, -0.15) is 0 Å². The molecule has 0 aliphatic carbocycles. The van der Waals surface area contributed by atoms with Crippen molar-refractivity contribution in [2.75, 3.05) is 0 Å². The van der Waals surface area contributed by atoms with Crippen LogP contribution in [0.5, 0.6) is 5.75 Å². The lowest BCUT2D eigenvalue weighted by Crippen LogP contribution is -2.14. The maximum atomic E-state index is 12.1. The lowest BCUT2D eigenvalue weighted by molar-refractivity contribution is 0.128. The van der Waals surface area contributed by atoms with Gasteiger partial charge in [-0.25, -0.2) is 8.78 Å². The average molecular weight is 293 g/mol. The number of aromatic hydroxyl groups is 1. The molecule has 0 radical (unpaired) electrons. The van der Waals surface area contributed by atoms with Crippen molar-refractivity contribution >= 4 is 35.6 Å². The summed E-state index contributed by atoms with van der Waals surface area (Å²) >= 11 is 11.3. The highest BCUT2D eigenvalue weighted by atomic mass is 35.5. The van der Waals surface area contributed by atoms with E-state index in [0.29, 0.717) is 0 Å². The molecule has 0 fully saturated rings. The van der Waals surface area contributed by atoms with Crippen molar-refractivity contribution in [2.24, 2.45) is 5.73 Å². The van der Waals surface area contributed by atoms with Crippen molar-refractivity contribution in [1.29, 1.82) is 0 Å². The van der Waals surface area contributed by atoms with E-state index in [-0.39, 0.29) is 33.8 Å². The van der Waals surface area contributed by atoms with Crippen LogP contribution in [0.1, 0.15) is 18.0 Å². The summed E-state index contributed by atoms with van der Waals surface area (Å²) in [6.45, 7) is 0. The Morgan fingerprint density at radius 2 is 1.88 bits per heavy atom. The molecule has 16 heavy (non-hydrogen) atoms. The van der Waals surface area contributed by atoms with Crippen LogP contribution in [0, 0.1) is 0 Å². The van der Waals surface area contributed by atoms with Gasteiger partial charge in [0.2, 0.25) is 6.43 Å². The molecule has 0 saturated carbocycles. The van der Waals surface area contributed by atoms with Crippen LogP contribution in [0.2, 0.25) is 10.0 Å². The summed E-state index contributed by atoms with van der Waals surface area (Å²) < 4.78 is 24.2. The largest absolute Gasteiger partial charge is 0.506 e. The molecule has 0 aliphatic heterocycles. The normalized spacial score (nSPS) is 12.4. The second kappa shape index (κ2) is 6.45. The van der Waals surface area contributed by atoms with Crippen LogP contribution in [0.4, 0.5) is 8.78 Å². The maximum Gasteiger partial charge on any atom is 0.240 e. The quantitative estimate of drug-likeness (QED) is 0.890. The zero-order valence-electron chi connectivity index (χ0n) is 7.96. The SMILES string of the molecule is Cl.N[C@H](CC(F)F)c1cc(Cl)cc(Cl)c1O. The van der Waals surface area contributed by atoms with Crippen LogP contribution in [-0.2, 0) is 0 Å². The number of benzene rings is 1. The van der Waals surface area contributed by atoms with Crippen LogP contribution in [0.15, 0.2) is 12.1 Å². The predicted octanol–water partition coefficient (Wildman–Crippen LogP) is 3.78. The zero-order chi connectivity index (χ0) is 11.6. The molecule has 3 N–H and O–H groups in total. The highest BCUT2D eigenvalue weighted by Gasteiger charge is 2.18. The number of alkyl halides is 2. The standard InChI is InChI=1S/C9H9Cl2F2NO.ClH/c10-4-1-5(7(14)3-8(12)13)9(15)6(11)2-4;/h1-2,7-8,15H,3,14H2;1H/t7-;/m1./s1. The fourth-order valence-electron chi connectivity index (χ4n) is 1.19. The first-order chi connectivity index (χ1) is 6.91. The van der Waals surface area contributed by atoms with Crippen LogP contribution in [0.3, 0.4) is 0 Å². The molecule has 92 valence electrons. The number of halogens is 5. The number of hydrogen-bond donors (Lipinski definition) is 2. The van der Waals surface area contributed by atoms with Crippen LogP contribution in [0.25, 0.3) is 0 Å². The fraction of sp³-hybridized carbons (Fsp3) is 0.333. The van der Waals surface area contributed by atoms with E-state index in [4.69, 9.17) is 28.9 Å². The summed E-state index contributed by atoms with van der Waals surface area (Å²) in [5, 5.41) is 9.74. The Morgan fingerprint density at radius 1 is 1.31 bits per heavy atom. The third-order valence-electron chi connectivity index (χ3n) is 1.89. The first kappa shape index (κ1) is 15.7. The summed E-state index contributed by atoms with van der Waals surface area (Å²) in [6.07, 6.45) is -3.10. The van der Waals surface area contributed by atoms with E-state index in [1.807, 2.05) is 0 Å². The van der Waals surface area contributed by atoms with Crippen LogP contribution < -0.4 is 5.73 Å². The first-order valence-electron chi connectivity index (χ1n) is 4.13. The molecule has 1 rings (SSSR count). The van der Waals surface area contributed by atoms with E-state index < -0.39 is 18.9 Å². The summed E-state index contributed by atoms with van der Waals surface area (Å²) in [5.74, 6) is -0.297. The summed E-state index contributed by atoms with van der Waals surface area (Å²) in [6, 6.07) is 1.66. The Morgan fingerprint density at radius 3 is 2.38 bits per heavy atom. The number of hydrogen-bond acceptors (Lipinski definition) is 2. The third-order valence-corrected chi connectivity index (χ3v) is 2.40. The van der Waals surface area contributed by atoms with Gasteiger partial charge in [0.25, 0.3) is 0 Å². The maximum absolute atomic E-state index is 12.1. The van der Waals surface area contributed by atoms with Gasteiger partial charge < -0.3 is 10.8 Å². The highest BCUT2D eigenvalue weighted by molar-refractivity contribution is 6.35. The van der Waals surface area contributed by atoms with Crippen molar-refractivity contribution in [1.82, 2.24) is 0 Å². The lowest BCUT2D eigenvalue weighted by Gasteiger charge is -2.14. The number of phenols is 1. The van der Waals surface area contributed by atoms with Gasteiger partial charge >= 0.3 is 0 Å². The first-order valence-corrected chi connectivity index (χ1v) is 4.89. The molecule has 1 atom stereocenters. The van der Waals surface area contributed by atoms with Gasteiger partial charge in [0.1, 0.15) is 5.75 Å². The average Bonchev–Trinajstić information content (AvgIpc) is 2.09. The second-order valence-corrected chi connectivity index (χ2v) is 3.90. The molecule has 0 heterocycles. The molecular weight excluding hydrogens is 282 g/mol. The van der Waals surface area contributed by atoms with E-state index in [1.54, 1.807) is 0 Å². The molecule has 0 spiro atoms. The van der Waals surface area contributed by atoms with Gasteiger partial charge in [0.15, 0.2) is 0 Å². The third kappa shape index (κ3) is 3.94. The van der Waals surface area contributed by atoms with Crippen LogP contribution >= 0.6 is 35.6 Å². The molecule has 0 aromatic heterocycles. The van der Waals surface area contributed by atoms with Gasteiger partial charge in [0, 0.05) is 23.0 Å².